The summed E-state index contributed by atoms with van der Waals surface area (Å²) in [4.78, 5) is 23.2. The van der Waals surface area contributed by atoms with Gasteiger partial charge in [-0.05, 0) is 78.8 Å². The lowest BCUT2D eigenvalue weighted by Gasteiger charge is -2.59. The van der Waals surface area contributed by atoms with Crippen molar-refractivity contribution >= 4 is 11.8 Å². The van der Waals surface area contributed by atoms with Crippen molar-refractivity contribution in [1.29, 1.82) is 0 Å². The fraction of sp³-hybridized carbons (Fsp3) is 0.810. The molecule has 1 unspecified atom stereocenters. The Morgan fingerprint density at radius 3 is 2.73 bits per heavy atom. The van der Waals surface area contributed by atoms with Crippen LogP contribution in [-0.4, -0.2) is 40.8 Å². The van der Waals surface area contributed by atoms with Gasteiger partial charge in [0.1, 0.15) is 6.61 Å². The molecule has 3 fully saturated rings. The SMILES string of the molecule is C[C@]12CC[C@H]3[C@@H](CC(OCC(=O)O)C4=CC(=O)CC[C@@]43C)[C@@H]1CC[C@@H]2O. The van der Waals surface area contributed by atoms with Gasteiger partial charge in [0, 0.05) is 6.42 Å². The van der Waals surface area contributed by atoms with Crippen LogP contribution >= 0.6 is 0 Å². The van der Waals surface area contributed by atoms with Crippen molar-refractivity contribution in [3.63, 3.8) is 0 Å². The number of ketones is 1. The van der Waals surface area contributed by atoms with Gasteiger partial charge in [-0.15, -0.1) is 0 Å². The van der Waals surface area contributed by atoms with Crippen LogP contribution in [0.2, 0.25) is 0 Å². The van der Waals surface area contributed by atoms with Crippen molar-refractivity contribution in [2.24, 2.45) is 28.6 Å². The van der Waals surface area contributed by atoms with Gasteiger partial charge in [0.2, 0.25) is 0 Å². The monoisotopic (exact) mass is 362 g/mol. The number of hydrogen-bond acceptors (Lipinski definition) is 4. The molecule has 2 N–H and O–H groups in total. The zero-order valence-electron chi connectivity index (χ0n) is 15.7. The van der Waals surface area contributed by atoms with E-state index >= 15 is 0 Å². The fourth-order valence-electron chi connectivity index (χ4n) is 6.88. The number of carboxylic acid groups (broad SMARTS) is 1. The van der Waals surface area contributed by atoms with E-state index in [1.807, 2.05) is 0 Å². The van der Waals surface area contributed by atoms with E-state index in [1.165, 1.54) is 0 Å². The third-order valence-electron chi connectivity index (χ3n) is 8.31. The molecule has 3 saturated carbocycles. The lowest BCUT2D eigenvalue weighted by Crippen LogP contribution is -2.55. The summed E-state index contributed by atoms with van der Waals surface area (Å²) in [5, 5.41) is 19.7. The minimum Gasteiger partial charge on any atom is -0.480 e. The summed E-state index contributed by atoms with van der Waals surface area (Å²) in [5.41, 5.74) is 0.911. The van der Waals surface area contributed by atoms with Gasteiger partial charge in [0.15, 0.2) is 5.78 Å². The van der Waals surface area contributed by atoms with E-state index in [0.29, 0.717) is 24.2 Å². The molecule has 0 radical (unpaired) electrons. The Balaban J connectivity index is 1.70. The number of hydrogen-bond donors (Lipinski definition) is 2. The number of fused-ring (bicyclic) bond motifs is 5. The van der Waals surface area contributed by atoms with Crippen molar-refractivity contribution in [3.8, 4) is 0 Å². The molecule has 4 rings (SSSR count). The van der Waals surface area contributed by atoms with Crippen LogP contribution in [0.3, 0.4) is 0 Å². The first-order valence-electron chi connectivity index (χ1n) is 10.0. The van der Waals surface area contributed by atoms with E-state index in [1.54, 1.807) is 6.08 Å². The molecule has 0 heterocycles. The van der Waals surface area contributed by atoms with Gasteiger partial charge in [-0.1, -0.05) is 13.8 Å². The Bertz CT molecular complexity index is 655. The maximum Gasteiger partial charge on any atom is 0.329 e. The van der Waals surface area contributed by atoms with Gasteiger partial charge in [-0.25, -0.2) is 4.79 Å². The third kappa shape index (κ3) is 2.58. The van der Waals surface area contributed by atoms with Gasteiger partial charge in [-0.2, -0.15) is 0 Å². The topological polar surface area (TPSA) is 83.8 Å². The average molecular weight is 362 g/mol. The Kier molecular flexibility index (Phi) is 4.31. The average Bonchev–Trinajstić information content (AvgIpc) is 2.89. The van der Waals surface area contributed by atoms with Crippen molar-refractivity contribution in [2.45, 2.75) is 71.0 Å². The second-order valence-corrected chi connectivity index (χ2v) is 9.43. The van der Waals surface area contributed by atoms with E-state index in [4.69, 9.17) is 9.84 Å². The van der Waals surface area contributed by atoms with Gasteiger partial charge in [-0.3, -0.25) is 4.79 Å². The van der Waals surface area contributed by atoms with Crippen LogP contribution in [0.25, 0.3) is 0 Å². The summed E-state index contributed by atoms with van der Waals surface area (Å²) in [6, 6.07) is 0. The molecule has 0 bridgehead atoms. The van der Waals surface area contributed by atoms with Gasteiger partial charge in [0.05, 0.1) is 12.2 Å². The predicted octanol–water partition coefficient (Wildman–Crippen LogP) is 2.96. The van der Waals surface area contributed by atoms with Gasteiger partial charge in [0.25, 0.3) is 0 Å². The molecule has 144 valence electrons. The molecule has 4 aliphatic carbocycles. The smallest absolute Gasteiger partial charge is 0.329 e. The second kappa shape index (κ2) is 6.16. The highest BCUT2D eigenvalue weighted by Crippen LogP contribution is 2.65. The molecule has 0 aliphatic heterocycles. The summed E-state index contributed by atoms with van der Waals surface area (Å²) < 4.78 is 5.80. The largest absolute Gasteiger partial charge is 0.480 e. The number of carbonyl (C=O) groups excluding carboxylic acids is 1. The Hall–Kier alpha value is -1.20. The van der Waals surface area contributed by atoms with Crippen LogP contribution in [0, 0.1) is 28.6 Å². The molecule has 5 nitrogen and oxygen atoms in total. The Labute approximate surface area is 154 Å². The van der Waals surface area contributed by atoms with Crippen molar-refractivity contribution in [1.82, 2.24) is 0 Å². The standard InChI is InChI=1S/C21H30O5/c1-20-7-5-12(22)9-16(20)17(26-11-19(24)25)10-13-14-3-4-18(23)21(14,2)8-6-15(13)20/h9,13-15,17-18,23H,3-8,10-11H2,1-2H3,(H,24,25)/t13-,14-,15-,17?,18-,20+,21-/m0/s1. The number of aliphatic hydroxyl groups is 1. The van der Waals surface area contributed by atoms with Crippen LogP contribution in [-0.2, 0) is 14.3 Å². The van der Waals surface area contributed by atoms with E-state index in [9.17, 15) is 14.7 Å². The molecule has 5 heteroatoms. The van der Waals surface area contributed by atoms with Crippen LogP contribution < -0.4 is 0 Å². The van der Waals surface area contributed by atoms with Gasteiger partial charge >= 0.3 is 5.97 Å². The molecular formula is C21H30O5. The molecule has 4 aliphatic rings. The highest BCUT2D eigenvalue weighted by atomic mass is 16.5. The van der Waals surface area contributed by atoms with Crippen molar-refractivity contribution in [3.05, 3.63) is 11.6 Å². The van der Waals surface area contributed by atoms with Crippen molar-refractivity contribution < 1.29 is 24.5 Å². The minimum atomic E-state index is -0.971. The molecule has 0 spiro atoms. The zero-order chi connectivity index (χ0) is 18.7. The molecule has 0 aromatic rings. The number of carboxylic acids is 1. The maximum absolute atomic E-state index is 12.1. The molecule has 0 aromatic heterocycles. The van der Waals surface area contributed by atoms with Crippen LogP contribution in [0.15, 0.2) is 11.6 Å². The number of rotatable bonds is 3. The quantitative estimate of drug-likeness (QED) is 0.806. The maximum atomic E-state index is 12.1. The lowest BCUT2D eigenvalue weighted by atomic mass is 9.47. The first kappa shape index (κ1) is 18.2. The second-order valence-electron chi connectivity index (χ2n) is 9.43. The number of aliphatic hydroxyl groups excluding tert-OH is 1. The Morgan fingerprint density at radius 2 is 2.00 bits per heavy atom. The van der Waals surface area contributed by atoms with Crippen molar-refractivity contribution in [2.75, 3.05) is 6.61 Å². The van der Waals surface area contributed by atoms with E-state index in [2.05, 4.69) is 13.8 Å². The highest BCUT2D eigenvalue weighted by Gasteiger charge is 2.60. The predicted molar refractivity (Wildman–Crippen MR) is 95.5 cm³/mol. The highest BCUT2D eigenvalue weighted by molar-refractivity contribution is 5.92. The number of aliphatic carboxylic acids is 1. The summed E-state index contributed by atoms with van der Waals surface area (Å²) in [6.45, 7) is 4.16. The first-order chi connectivity index (χ1) is 12.3. The van der Waals surface area contributed by atoms with E-state index < -0.39 is 5.97 Å². The van der Waals surface area contributed by atoms with Crippen LogP contribution in [0.1, 0.15) is 58.8 Å². The molecular weight excluding hydrogens is 332 g/mol. The van der Waals surface area contributed by atoms with Crippen LogP contribution in [0.5, 0.6) is 0 Å². The summed E-state index contributed by atoms with van der Waals surface area (Å²) in [5.74, 6) is 0.552. The lowest BCUT2D eigenvalue weighted by molar-refractivity contribution is -0.148. The zero-order valence-corrected chi connectivity index (χ0v) is 15.7. The van der Waals surface area contributed by atoms with Gasteiger partial charge < -0.3 is 14.9 Å². The molecule has 0 amide bonds. The Morgan fingerprint density at radius 1 is 1.23 bits per heavy atom. The molecule has 26 heavy (non-hydrogen) atoms. The van der Waals surface area contributed by atoms with E-state index in [-0.39, 0.29) is 35.4 Å². The number of ether oxygens (including phenoxy) is 1. The van der Waals surface area contributed by atoms with Crippen LogP contribution in [0.4, 0.5) is 0 Å². The van der Waals surface area contributed by atoms with E-state index in [0.717, 1.165) is 44.1 Å². The molecule has 0 aromatic carbocycles. The molecule has 7 atom stereocenters. The third-order valence-corrected chi connectivity index (χ3v) is 8.31. The summed E-state index contributed by atoms with van der Waals surface area (Å²) in [7, 11) is 0. The first-order valence-corrected chi connectivity index (χ1v) is 10.0. The minimum absolute atomic E-state index is 0.0272. The normalized spacial score (nSPS) is 47.6. The fourth-order valence-corrected chi connectivity index (χ4v) is 6.88. The number of carbonyl (C=O) groups is 2. The summed E-state index contributed by atoms with van der Waals surface area (Å²) >= 11 is 0. The molecule has 0 saturated heterocycles. The summed E-state index contributed by atoms with van der Waals surface area (Å²) in [6.07, 6.45) is 7.42.